The molecule has 2 bridgehead atoms. The van der Waals surface area contributed by atoms with Crippen LogP contribution in [0, 0.1) is 0 Å². The third-order valence-corrected chi connectivity index (χ3v) is 7.00. The van der Waals surface area contributed by atoms with E-state index in [-0.39, 0.29) is 6.54 Å². The fraction of sp³-hybridized carbons (Fsp3) is 0.240. The van der Waals surface area contributed by atoms with Gasteiger partial charge in [-0.3, -0.25) is 9.59 Å². The van der Waals surface area contributed by atoms with E-state index in [0.29, 0.717) is 12.1 Å². The standard InChI is InChI=1S/C25H18F3N3O3/c26-25(27,28)18-10-4-3-9-17(18)22(32)29-13-15-12-20(29)21-23(33)31(24(34)30(15)21)19-11-5-7-14-6-1-2-8-16(14)19/h1-11,15,20-21H,12-13H2/t15-,20?,21-/m1/s1. The van der Waals surface area contributed by atoms with E-state index in [4.69, 9.17) is 0 Å². The smallest absolute Gasteiger partial charge is 0.331 e. The highest BCUT2D eigenvalue weighted by molar-refractivity contribution is 6.25. The molecule has 3 atom stereocenters. The third kappa shape index (κ3) is 2.79. The largest absolute Gasteiger partial charge is 0.417 e. The predicted molar refractivity (Wildman–Crippen MR) is 117 cm³/mol. The van der Waals surface area contributed by atoms with Gasteiger partial charge in [0.15, 0.2) is 0 Å². The molecule has 9 heteroatoms. The highest BCUT2D eigenvalue weighted by Gasteiger charge is 2.63. The molecule has 6 nitrogen and oxygen atoms in total. The number of rotatable bonds is 2. The molecule has 0 radical (unpaired) electrons. The fourth-order valence-electron chi connectivity index (χ4n) is 5.59. The number of hydrogen-bond donors (Lipinski definition) is 0. The molecule has 3 aromatic carbocycles. The molecule has 0 aliphatic carbocycles. The highest BCUT2D eigenvalue weighted by atomic mass is 19.4. The molecule has 0 aromatic heterocycles. The lowest BCUT2D eigenvalue weighted by Gasteiger charge is -2.35. The van der Waals surface area contributed by atoms with Crippen molar-refractivity contribution in [1.29, 1.82) is 0 Å². The molecule has 0 spiro atoms. The predicted octanol–water partition coefficient (Wildman–Crippen LogP) is 4.29. The van der Waals surface area contributed by atoms with Gasteiger partial charge in [0.1, 0.15) is 6.04 Å². The molecule has 3 fully saturated rings. The summed E-state index contributed by atoms with van der Waals surface area (Å²) in [6, 6.07) is 14.9. The van der Waals surface area contributed by atoms with E-state index in [2.05, 4.69) is 0 Å². The number of fused-ring (bicyclic) bond motifs is 6. The fourth-order valence-corrected chi connectivity index (χ4v) is 5.59. The number of piperazine rings is 1. The van der Waals surface area contributed by atoms with Crippen LogP contribution in [0.4, 0.5) is 23.7 Å². The van der Waals surface area contributed by atoms with Gasteiger partial charge in [-0.1, -0.05) is 48.5 Å². The molecule has 3 aliphatic rings. The molecule has 6 rings (SSSR count). The van der Waals surface area contributed by atoms with Crippen molar-refractivity contribution in [3.63, 3.8) is 0 Å². The van der Waals surface area contributed by atoms with Crippen molar-refractivity contribution in [2.45, 2.75) is 30.7 Å². The minimum Gasteiger partial charge on any atom is -0.331 e. The Balaban J connectivity index is 1.35. The number of alkyl halides is 3. The van der Waals surface area contributed by atoms with Crippen LogP contribution >= 0.6 is 0 Å². The second kappa shape index (κ2) is 7.06. The molecule has 0 saturated carbocycles. The summed E-state index contributed by atoms with van der Waals surface area (Å²) < 4.78 is 40.5. The number of amides is 4. The Labute approximate surface area is 192 Å². The maximum Gasteiger partial charge on any atom is 0.417 e. The molecule has 3 saturated heterocycles. The number of urea groups is 1. The Bertz CT molecular complexity index is 1370. The zero-order chi connectivity index (χ0) is 23.8. The Morgan fingerprint density at radius 3 is 2.41 bits per heavy atom. The Morgan fingerprint density at radius 1 is 0.912 bits per heavy atom. The van der Waals surface area contributed by atoms with Crippen LogP contribution < -0.4 is 4.90 Å². The normalized spacial score (nSPS) is 23.9. The van der Waals surface area contributed by atoms with Gasteiger partial charge in [0.05, 0.1) is 28.9 Å². The van der Waals surface area contributed by atoms with Crippen molar-refractivity contribution >= 4 is 34.3 Å². The van der Waals surface area contributed by atoms with Crippen LogP contribution in [-0.2, 0) is 11.0 Å². The Kier molecular flexibility index (Phi) is 4.30. The average molecular weight is 465 g/mol. The molecule has 3 aliphatic heterocycles. The quantitative estimate of drug-likeness (QED) is 0.531. The second-order valence-corrected chi connectivity index (χ2v) is 8.76. The van der Waals surface area contributed by atoms with Crippen molar-refractivity contribution in [2.24, 2.45) is 0 Å². The number of carbonyl (C=O) groups is 3. The van der Waals surface area contributed by atoms with Crippen LogP contribution in [0.15, 0.2) is 66.7 Å². The zero-order valence-corrected chi connectivity index (χ0v) is 17.7. The SMILES string of the molecule is O=C1[C@H]2C3C[C@H](CN3C(=O)c3ccccc3C(F)(F)F)N2C(=O)N1c1cccc2ccccc12. The Morgan fingerprint density at radius 2 is 1.62 bits per heavy atom. The molecule has 3 aromatic rings. The molecule has 0 N–H and O–H groups in total. The van der Waals surface area contributed by atoms with Gasteiger partial charge in [-0.25, -0.2) is 9.69 Å². The third-order valence-electron chi connectivity index (χ3n) is 7.00. The number of carbonyl (C=O) groups excluding carboxylic acids is 3. The maximum absolute atomic E-state index is 13.5. The van der Waals surface area contributed by atoms with Crippen molar-refractivity contribution in [1.82, 2.24) is 9.80 Å². The lowest BCUT2D eigenvalue weighted by atomic mass is 10.0. The van der Waals surface area contributed by atoms with Crippen LogP contribution in [0.25, 0.3) is 10.8 Å². The Hall–Kier alpha value is -3.88. The lowest BCUT2D eigenvalue weighted by Crippen LogP contribution is -2.55. The van der Waals surface area contributed by atoms with Gasteiger partial charge in [0, 0.05) is 11.9 Å². The number of hydrogen-bond acceptors (Lipinski definition) is 3. The number of halogens is 3. The van der Waals surface area contributed by atoms with Crippen LogP contribution in [0.1, 0.15) is 22.3 Å². The summed E-state index contributed by atoms with van der Waals surface area (Å²) in [7, 11) is 0. The average Bonchev–Trinajstić information content (AvgIpc) is 3.49. The van der Waals surface area contributed by atoms with Gasteiger partial charge in [-0.05, 0) is 30.0 Å². The monoisotopic (exact) mass is 465 g/mol. The van der Waals surface area contributed by atoms with E-state index in [1.807, 2.05) is 30.3 Å². The van der Waals surface area contributed by atoms with E-state index >= 15 is 0 Å². The first-order valence-electron chi connectivity index (χ1n) is 10.9. The van der Waals surface area contributed by atoms with Crippen molar-refractivity contribution in [2.75, 3.05) is 11.4 Å². The number of anilines is 1. The molecule has 4 amide bonds. The van der Waals surface area contributed by atoms with Gasteiger partial charge in [0.25, 0.3) is 11.8 Å². The molecule has 1 unspecified atom stereocenters. The number of nitrogens with zero attached hydrogens (tertiary/aromatic N) is 3. The summed E-state index contributed by atoms with van der Waals surface area (Å²) in [4.78, 5) is 44.0. The number of likely N-dealkylation sites (tertiary alicyclic amines) is 1. The summed E-state index contributed by atoms with van der Waals surface area (Å²) in [5.74, 6) is -1.24. The maximum atomic E-state index is 13.5. The lowest BCUT2D eigenvalue weighted by molar-refractivity contribution is -0.138. The van der Waals surface area contributed by atoms with Crippen molar-refractivity contribution < 1.29 is 27.6 Å². The van der Waals surface area contributed by atoms with Crippen LogP contribution in [0.3, 0.4) is 0 Å². The number of benzene rings is 3. The van der Waals surface area contributed by atoms with Crippen LogP contribution in [0.2, 0.25) is 0 Å². The number of imide groups is 1. The van der Waals surface area contributed by atoms with Crippen molar-refractivity contribution in [3.8, 4) is 0 Å². The highest BCUT2D eigenvalue weighted by Crippen LogP contribution is 2.44. The van der Waals surface area contributed by atoms with Crippen molar-refractivity contribution in [3.05, 3.63) is 77.9 Å². The molecule has 172 valence electrons. The molecular weight excluding hydrogens is 447 g/mol. The van der Waals surface area contributed by atoms with Gasteiger partial charge < -0.3 is 9.80 Å². The summed E-state index contributed by atoms with van der Waals surface area (Å²) in [6.45, 7) is 0.0919. The van der Waals surface area contributed by atoms with Gasteiger partial charge >= 0.3 is 12.2 Å². The van der Waals surface area contributed by atoms with E-state index < -0.39 is 53.3 Å². The summed E-state index contributed by atoms with van der Waals surface area (Å²) >= 11 is 0. The minimum atomic E-state index is -4.68. The van der Waals surface area contributed by atoms with Gasteiger partial charge in [-0.15, -0.1) is 0 Å². The van der Waals surface area contributed by atoms with E-state index in [1.54, 1.807) is 12.1 Å². The minimum absolute atomic E-state index is 0.0919. The van der Waals surface area contributed by atoms with Crippen LogP contribution in [-0.4, -0.2) is 52.3 Å². The first kappa shape index (κ1) is 20.7. The second-order valence-electron chi connectivity index (χ2n) is 8.76. The first-order chi connectivity index (χ1) is 16.3. The van der Waals surface area contributed by atoms with E-state index in [1.165, 1.54) is 21.9 Å². The topological polar surface area (TPSA) is 60.9 Å². The zero-order valence-electron chi connectivity index (χ0n) is 17.7. The molecular formula is C25H18F3N3O3. The molecule has 34 heavy (non-hydrogen) atoms. The van der Waals surface area contributed by atoms with Gasteiger partial charge in [0.2, 0.25) is 0 Å². The first-order valence-corrected chi connectivity index (χ1v) is 10.9. The summed E-state index contributed by atoms with van der Waals surface area (Å²) in [5, 5.41) is 1.61. The van der Waals surface area contributed by atoms with E-state index in [9.17, 15) is 27.6 Å². The van der Waals surface area contributed by atoms with E-state index in [0.717, 1.165) is 27.8 Å². The summed E-state index contributed by atoms with van der Waals surface area (Å²) in [5.41, 5.74) is -0.996. The summed E-state index contributed by atoms with van der Waals surface area (Å²) in [6.07, 6.45) is -4.31. The molecule has 3 heterocycles. The van der Waals surface area contributed by atoms with Crippen LogP contribution in [0.5, 0.6) is 0 Å². The van der Waals surface area contributed by atoms with Gasteiger partial charge in [-0.2, -0.15) is 13.2 Å².